The Balaban J connectivity index is 2.45. The van der Waals surface area contributed by atoms with E-state index in [-0.39, 0.29) is 0 Å². The average molecular weight is 294 g/mol. The van der Waals surface area contributed by atoms with Gasteiger partial charge in [0, 0.05) is 0 Å². The van der Waals surface area contributed by atoms with Crippen molar-refractivity contribution in [1.82, 2.24) is 0 Å². The molecule has 0 spiro atoms. The first kappa shape index (κ1) is 13.8. The molecule has 0 atom stereocenters. The molecule has 0 heteroatoms. The second-order valence-electron chi connectivity index (χ2n) is 5.94. The molecular weight excluding hydrogens is 276 g/mol. The van der Waals surface area contributed by atoms with E-state index in [0.29, 0.717) is 0 Å². The minimum atomic E-state index is 1.16. The number of hydrogen-bond donors (Lipinski definition) is 0. The lowest BCUT2D eigenvalue weighted by Crippen LogP contribution is -1.91. The largest absolute Gasteiger partial charge is 0.0984 e. The Morgan fingerprint density at radius 2 is 1.13 bits per heavy atom. The highest BCUT2D eigenvalue weighted by molar-refractivity contribution is 6.24. The molecule has 4 rings (SSSR count). The molecule has 0 radical (unpaired) electrons. The lowest BCUT2D eigenvalue weighted by atomic mass is 9.87. The van der Waals surface area contributed by atoms with Crippen LogP contribution in [-0.2, 0) is 0 Å². The summed E-state index contributed by atoms with van der Waals surface area (Å²) < 4.78 is 0. The normalized spacial score (nSPS) is 11.2. The standard InChI is InChI=1S/C23H18/c1-4-16-17(5-2)22-14-15(3)18-10-6-8-12-20(18)23(22)21-13-9-7-11-19(16)21/h4-14H,1-2H2,3H3. The highest BCUT2D eigenvalue weighted by Gasteiger charge is 2.13. The van der Waals surface area contributed by atoms with Gasteiger partial charge in [-0.2, -0.15) is 0 Å². The lowest BCUT2D eigenvalue weighted by Gasteiger charge is -2.16. The third kappa shape index (κ3) is 1.85. The average Bonchev–Trinajstić information content (AvgIpc) is 2.60. The van der Waals surface area contributed by atoms with Crippen LogP contribution in [0.3, 0.4) is 0 Å². The van der Waals surface area contributed by atoms with Gasteiger partial charge in [-0.25, -0.2) is 0 Å². The molecule has 23 heavy (non-hydrogen) atoms. The van der Waals surface area contributed by atoms with Crippen molar-refractivity contribution in [2.24, 2.45) is 0 Å². The smallest absolute Gasteiger partial charge is 0.00202 e. The van der Waals surface area contributed by atoms with Crippen LogP contribution < -0.4 is 0 Å². The van der Waals surface area contributed by atoms with E-state index in [1.54, 1.807) is 0 Å². The van der Waals surface area contributed by atoms with Crippen LogP contribution in [0, 0.1) is 6.92 Å². The molecule has 0 heterocycles. The predicted molar refractivity (Wildman–Crippen MR) is 104 cm³/mol. The summed E-state index contributed by atoms with van der Waals surface area (Å²) in [4.78, 5) is 0. The number of benzene rings is 4. The second kappa shape index (κ2) is 5.10. The van der Waals surface area contributed by atoms with E-state index in [4.69, 9.17) is 0 Å². The second-order valence-corrected chi connectivity index (χ2v) is 5.94. The molecule has 0 amide bonds. The van der Waals surface area contributed by atoms with Gasteiger partial charge in [-0.05, 0) is 55.9 Å². The Bertz CT molecular complexity index is 1100. The van der Waals surface area contributed by atoms with Gasteiger partial charge in [0.05, 0.1) is 0 Å². The van der Waals surface area contributed by atoms with Crippen LogP contribution in [0.4, 0.5) is 0 Å². The van der Waals surface area contributed by atoms with Crippen LogP contribution in [-0.4, -0.2) is 0 Å². The number of fused-ring (bicyclic) bond motifs is 5. The summed E-state index contributed by atoms with van der Waals surface area (Å²) in [5.74, 6) is 0. The maximum absolute atomic E-state index is 4.06. The van der Waals surface area contributed by atoms with Gasteiger partial charge < -0.3 is 0 Å². The van der Waals surface area contributed by atoms with Crippen LogP contribution >= 0.6 is 0 Å². The molecule has 110 valence electrons. The lowest BCUT2D eigenvalue weighted by molar-refractivity contribution is 1.55. The van der Waals surface area contributed by atoms with Crippen molar-refractivity contribution < 1.29 is 0 Å². The predicted octanol–water partition coefficient (Wildman–Crippen LogP) is 6.74. The molecule has 4 aromatic carbocycles. The molecule has 0 N–H and O–H groups in total. The summed E-state index contributed by atoms with van der Waals surface area (Å²) in [7, 11) is 0. The van der Waals surface area contributed by atoms with Crippen LogP contribution in [0.1, 0.15) is 16.7 Å². The van der Waals surface area contributed by atoms with E-state index in [9.17, 15) is 0 Å². The Hall–Kier alpha value is -2.86. The zero-order chi connectivity index (χ0) is 16.0. The van der Waals surface area contributed by atoms with Crippen LogP contribution in [0.25, 0.3) is 44.5 Å². The van der Waals surface area contributed by atoms with E-state index >= 15 is 0 Å². The van der Waals surface area contributed by atoms with Gasteiger partial charge in [0.2, 0.25) is 0 Å². The Morgan fingerprint density at radius 3 is 1.74 bits per heavy atom. The zero-order valence-electron chi connectivity index (χ0n) is 13.3. The number of aryl methyl sites for hydroxylation is 1. The Morgan fingerprint density at radius 1 is 0.652 bits per heavy atom. The molecule has 4 aromatic rings. The van der Waals surface area contributed by atoms with Gasteiger partial charge in [0.25, 0.3) is 0 Å². The molecule has 0 aliphatic heterocycles. The van der Waals surface area contributed by atoms with Crippen LogP contribution in [0.15, 0.2) is 67.8 Å². The fourth-order valence-electron chi connectivity index (χ4n) is 3.73. The SMILES string of the molecule is C=Cc1c(C=C)c2cc(C)c3ccccc3c2c2ccccc12. The van der Waals surface area contributed by atoms with Crippen LogP contribution in [0.2, 0.25) is 0 Å². The highest BCUT2D eigenvalue weighted by Crippen LogP contribution is 2.39. The Labute approximate surface area is 136 Å². The van der Waals surface area contributed by atoms with Crippen LogP contribution in [0.5, 0.6) is 0 Å². The van der Waals surface area contributed by atoms with Crippen molar-refractivity contribution >= 4 is 44.5 Å². The summed E-state index contributed by atoms with van der Waals surface area (Å²) in [6.07, 6.45) is 3.91. The maximum atomic E-state index is 4.06. The number of rotatable bonds is 2. The molecule has 0 saturated carbocycles. The number of hydrogen-bond acceptors (Lipinski definition) is 0. The molecule has 0 aliphatic rings. The summed E-state index contributed by atoms with van der Waals surface area (Å²) in [6.45, 7) is 10.3. The summed E-state index contributed by atoms with van der Waals surface area (Å²) in [6, 6.07) is 19.5. The molecule has 0 saturated heterocycles. The summed E-state index contributed by atoms with van der Waals surface area (Å²) >= 11 is 0. The van der Waals surface area contributed by atoms with Gasteiger partial charge in [0.15, 0.2) is 0 Å². The quantitative estimate of drug-likeness (QED) is 0.359. The first-order valence-electron chi connectivity index (χ1n) is 7.88. The van der Waals surface area contributed by atoms with E-state index in [1.165, 1.54) is 43.4 Å². The van der Waals surface area contributed by atoms with Crippen molar-refractivity contribution in [2.75, 3.05) is 0 Å². The Kier molecular flexibility index (Phi) is 3.06. The maximum Gasteiger partial charge on any atom is -0.00202 e. The summed E-state index contributed by atoms with van der Waals surface area (Å²) in [5, 5.41) is 7.69. The molecule has 0 fully saturated rings. The zero-order valence-corrected chi connectivity index (χ0v) is 13.3. The monoisotopic (exact) mass is 294 g/mol. The van der Waals surface area contributed by atoms with Crippen molar-refractivity contribution in [1.29, 1.82) is 0 Å². The molecule has 0 unspecified atom stereocenters. The molecule has 0 nitrogen and oxygen atoms in total. The minimum absolute atomic E-state index is 1.16. The van der Waals surface area contributed by atoms with Gasteiger partial charge >= 0.3 is 0 Å². The van der Waals surface area contributed by atoms with E-state index < -0.39 is 0 Å². The third-order valence-electron chi connectivity index (χ3n) is 4.73. The van der Waals surface area contributed by atoms with Gasteiger partial charge in [-0.15, -0.1) is 0 Å². The van der Waals surface area contributed by atoms with Crippen molar-refractivity contribution in [3.63, 3.8) is 0 Å². The summed E-state index contributed by atoms with van der Waals surface area (Å²) in [5.41, 5.74) is 3.63. The molecular formula is C23H18. The fraction of sp³-hybridized carbons (Fsp3) is 0.0435. The van der Waals surface area contributed by atoms with Gasteiger partial charge in [0.1, 0.15) is 0 Å². The molecule has 0 aromatic heterocycles. The van der Waals surface area contributed by atoms with E-state index in [1.807, 2.05) is 12.2 Å². The van der Waals surface area contributed by atoms with E-state index in [0.717, 1.165) is 5.56 Å². The third-order valence-corrected chi connectivity index (χ3v) is 4.73. The van der Waals surface area contributed by atoms with Crippen molar-refractivity contribution in [2.45, 2.75) is 6.92 Å². The van der Waals surface area contributed by atoms with Crippen molar-refractivity contribution in [3.05, 3.63) is 84.4 Å². The van der Waals surface area contributed by atoms with Crippen molar-refractivity contribution in [3.8, 4) is 0 Å². The van der Waals surface area contributed by atoms with Gasteiger partial charge in [-0.1, -0.05) is 79.9 Å². The first-order chi connectivity index (χ1) is 11.3. The first-order valence-corrected chi connectivity index (χ1v) is 7.88. The fourth-order valence-corrected chi connectivity index (χ4v) is 3.73. The molecule has 0 aliphatic carbocycles. The minimum Gasteiger partial charge on any atom is -0.0984 e. The topological polar surface area (TPSA) is 0 Å². The highest BCUT2D eigenvalue weighted by atomic mass is 14.2. The van der Waals surface area contributed by atoms with E-state index in [2.05, 4.69) is 74.7 Å². The van der Waals surface area contributed by atoms with Gasteiger partial charge in [-0.3, -0.25) is 0 Å². The molecule has 0 bridgehead atoms.